The molecular weight excluding hydrogens is 234 g/mol. The second-order valence-electron chi connectivity index (χ2n) is 5.03. The standard InChI is InChI=1S/C16H23N3/c1-5-19-12(2)9-16(14(19)4)11-18-13(3)15-7-6-8-17-10-15/h6-10,13,18H,5,11H2,1-4H3. The maximum Gasteiger partial charge on any atom is 0.0315 e. The molecule has 0 saturated heterocycles. The van der Waals surface area contributed by atoms with Crippen LogP contribution in [-0.2, 0) is 13.1 Å². The highest BCUT2D eigenvalue weighted by molar-refractivity contribution is 5.27. The number of aryl methyl sites for hydroxylation is 1. The van der Waals surface area contributed by atoms with E-state index in [1.165, 1.54) is 22.5 Å². The number of hydrogen-bond donors (Lipinski definition) is 1. The van der Waals surface area contributed by atoms with Crippen molar-refractivity contribution in [1.29, 1.82) is 0 Å². The van der Waals surface area contributed by atoms with Gasteiger partial charge in [-0.15, -0.1) is 0 Å². The number of aromatic nitrogens is 2. The molecule has 3 nitrogen and oxygen atoms in total. The molecule has 1 unspecified atom stereocenters. The molecule has 0 radical (unpaired) electrons. The summed E-state index contributed by atoms with van der Waals surface area (Å²) in [7, 11) is 0. The van der Waals surface area contributed by atoms with Gasteiger partial charge in [0.1, 0.15) is 0 Å². The Morgan fingerprint density at radius 3 is 2.74 bits per heavy atom. The number of hydrogen-bond acceptors (Lipinski definition) is 2. The zero-order chi connectivity index (χ0) is 13.8. The fourth-order valence-corrected chi connectivity index (χ4v) is 2.55. The van der Waals surface area contributed by atoms with E-state index in [2.05, 4.69) is 54.7 Å². The van der Waals surface area contributed by atoms with Gasteiger partial charge in [0.15, 0.2) is 0 Å². The molecule has 2 rings (SSSR count). The van der Waals surface area contributed by atoms with E-state index in [9.17, 15) is 0 Å². The summed E-state index contributed by atoms with van der Waals surface area (Å²) in [5, 5.41) is 3.57. The van der Waals surface area contributed by atoms with E-state index in [4.69, 9.17) is 0 Å². The molecule has 3 heteroatoms. The Bertz CT molecular complexity index is 528. The third kappa shape index (κ3) is 3.04. The molecule has 0 aliphatic carbocycles. The zero-order valence-electron chi connectivity index (χ0n) is 12.3. The minimum absolute atomic E-state index is 0.318. The van der Waals surface area contributed by atoms with Crippen LogP contribution in [0, 0.1) is 13.8 Å². The van der Waals surface area contributed by atoms with Crippen LogP contribution >= 0.6 is 0 Å². The van der Waals surface area contributed by atoms with Crippen molar-refractivity contribution in [2.75, 3.05) is 0 Å². The van der Waals surface area contributed by atoms with Gasteiger partial charge >= 0.3 is 0 Å². The molecule has 0 bridgehead atoms. The van der Waals surface area contributed by atoms with Crippen LogP contribution in [0.4, 0.5) is 0 Å². The predicted molar refractivity (Wildman–Crippen MR) is 79.1 cm³/mol. The van der Waals surface area contributed by atoms with Crippen LogP contribution in [-0.4, -0.2) is 9.55 Å². The average molecular weight is 257 g/mol. The summed E-state index contributed by atoms with van der Waals surface area (Å²) in [6.45, 7) is 10.7. The Kier molecular flexibility index (Phi) is 4.38. The van der Waals surface area contributed by atoms with Gasteiger partial charge in [-0.25, -0.2) is 0 Å². The van der Waals surface area contributed by atoms with E-state index < -0.39 is 0 Å². The summed E-state index contributed by atoms with van der Waals surface area (Å²) in [5.74, 6) is 0. The maximum atomic E-state index is 4.17. The third-order valence-corrected chi connectivity index (χ3v) is 3.78. The summed E-state index contributed by atoms with van der Waals surface area (Å²) in [5.41, 5.74) is 5.32. The number of nitrogens with one attached hydrogen (secondary N) is 1. The minimum atomic E-state index is 0.318. The van der Waals surface area contributed by atoms with E-state index in [1.807, 2.05) is 18.5 Å². The van der Waals surface area contributed by atoms with Crippen molar-refractivity contribution in [3.63, 3.8) is 0 Å². The summed E-state index contributed by atoms with van der Waals surface area (Å²) in [6, 6.07) is 6.69. The zero-order valence-corrected chi connectivity index (χ0v) is 12.3. The topological polar surface area (TPSA) is 29.9 Å². The van der Waals surface area contributed by atoms with Gasteiger partial charge in [0.25, 0.3) is 0 Å². The molecule has 2 heterocycles. The van der Waals surface area contributed by atoms with Gasteiger partial charge < -0.3 is 9.88 Å². The Morgan fingerprint density at radius 1 is 1.37 bits per heavy atom. The van der Waals surface area contributed by atoms with E-state index >= 15 is 0 Å². The monoisotopic (exact) mass is 257 g/mol. The Hall–Kier alpha value is -1.61. The largest absolute Gasteiger partial charge is 0.349 e. The van der Waals surface area contributed by atoms with Gasteiger partial charge in [0, 0.05) is 42.9 Å². The Labute approximate surface area is 115 Å². The molecule has 2 aromatic rings. The summed E-state index contributed by atoms with van der Waals surface area (Å²) >= 11 is 0. The lowest BCUT2D eigenvalue weighted by Crippen LogP contribution is -2.18. The van der Waals surface area contributed by atoms with Crippen molar-refractivity contribution in [1.82, 2.24) is 14.9 Å². The predicted octanol–water partition coefficient (Wildman–Crippen LogP) is 3.37. The highest BCUT2D eigenvalue weighted by Gasteiger charge is 2.09. The highest BCUT2D eigenvalue weighted by Crippen LogP contribution is 2.17. The number of nitrogens with zero attached hydrogens (tertiary/aromatic N) is 2. The lowest BCUT2D eigenvalue weighted by Gasteiger charge is -2.14. The SMILES string of the molecule is CCn1c(C)cc(CNC(C)c2cccnc2)c1C. The molecule has 102 valence electrons. The molecule has 19 heavy (non-hydrogen) atoms. The van der Waals surface area contributed by atoms with E-state index in [0.717, 1.165) is 13.1 Å². The van der Waals surface area contributed by atoms with E-state index in [0.29, 0.717) is 6.04 Å². The molecule has 0 fully saturated rings. The van der Waals surface area contributed by atoms with Gasteiger partial charge in [0.05, 0.1) is 0 Å². The fourth-order valence-electron chi connectivity index (χ4n) is 2.55. The Morgan fingerprint density at radius 2 is 2.16 bits per heavy atom. The second-order valence-corrected chi connectivity index (χ2v) is 5.03. The summed E-state index contributed by atoms with van der Waals surface area (Å²) in [6.07, 6.45) is 3.73. The molecule has 1 N–H and O–H groups in total. The highest BCUT2D eigenvalue weighted by atomic mass is 15.0. The van der Waals surface area contributed by atoms with Crippen LogP contribution in [0.25, 0.3) is 0 Å². The van der Waals surface area contributed by atoms with Crippen LogP contribution in [0.5, 0.6) is 0 Å². The molecule has 0 amide bonds. The first kappa shape index (κ1) is 13.8. The normalized spacial score (nSPS) is 12.6. The molecule has 0 aromatic carbocycles. The van der Waals surface area contributed by atoms with Gasteiger partial charge in [-0.3, -0.25) is 4.98 Å². The van der Waals surface area contributed by atoms with Crippen molar-refractivity contribution in [3.05, 3.63) is 53.1 Å². The average Bonchev–Trinajstić information content (AvgIpc) is 2.71. The van der Waals surface area contributed by atoms with Crippen LogP contribution in [0.2, 0.25) is 0 Å². The van der Waals surface area contributed by atoms with Crippen LogP contribution < -0.4 is 5.32 Å². The Balaban J connectivity index is 2.03. The van der Waals surface area contributed by atoms with Crippen molar-refractivity contribution >= 4 is 0 Å². The first-order valence-electron chi connectivity index (χ1n) is 6.92. The van der Waals surface area contributed by atoms with Gasteiger partial charge in [-0.1, -0.05) is 6.07 Å². The van der Waals surface area contributed by atoms with Gasteiger partial charge in [-0.05, 0) is 51.0 Å². The number of rotatable bonds is 5. The third-order valence-electron chi connectivity index (χ3n) is 3.78. The van der Waals surface area contributed by atoms with Gasteiger partial charge in [0.2, 0.25) is 0 Å². The van der Waals surface area contributed by atoms with Crippen molar-refractivity contribution in [3.8, 4) is 0 Å². The molecule has 2 aromatic heterocycles. The molecule has 0 aliphatic rings. The quantitative estimate of drug-likeness (QED) is 0.890. The summed E-state index contributed by atoms with van der Waals surface area (Å²) in [4.78, 5) is 4.17. The summed E-state index contributed by atoms with van der Waals surface area (Å²) < 4.78 is 2.35. The molecule has 1 atom stereocenters. The van der Waals surface area contributed by atoms with Crippen LogP contribution in [0.15, 0.2) is 30.6 Å². The fraction of sp³-hybridized carbons (Fsp3) is 0.438. The second kappa shape index (κ2) is 6.02. The van der Waals surface area contributed by atoms with Crippen LogP contribution in [0.3, 0.4) is 0 Å². The maximum absolute atomic E-state index is 4.17. The molecule has 0 aliphatic heterocycles. The molecule has 0 saturated carbocycles. The van der Waals surface area contributed by atoms with Crippen LogP contribution in [0.1, 0.15) is 42.4 Å². The first-order chi connectivity index (χ1) is 9.13. The van der Waals surface area contributed by atoms with Crippen molar-refractivity contribution in [2.45, 2.75) is 46.8 Å². The number of pyridine rings is 1. The molecular formula is C16H23N3. The smallest absolute Gasteiger partial charge is 0.0315 e. The van der Waals surface area contributed by atoms with E-state index in [1.54, 1.807) is 0 Å². The van der Waals surface area contributed by atoms with Crippen molar-refractivity contribution < 1.29 is 0 Å². The van der Waals surface area contributed by atoms with E-state index in [-0.39, 0.29) is 0 Å². The lowest BCUT2D eigenvalue weighted by molar-refractivity contribution is 0.570. The van der Waals surface area contributed by atoms with Gasteiger partial charge in [-0.2, -0.15) is 0 Å². The lowest BCUT2D eigenvalue weighted by atomic mass is 10.1. The van der Waals surface area contributed by atoms with Crippen molar-refractivity contribution in [2.24, 2.45) is 0 Å². The molecule has 0 spiro atoms. The minimum Gasteiger partial charge on any atom is -0.349 e. The first-order valence-corrected chi connectivity index (χ1v) is 6.92.